The van der Waals surface area contributed by atoms with Crippen molar-refractivity contribution in [1.82, 2.24) is 5.32 Å². The first-order chi connectivity index (χ1) is 12.5. The van der Waals surface area contributed by atoms with Crippen LogP contribution in [0.3, 0.4) is 0 Å². The SMILES string of the molecule is COc1ccc(CCNC(=O)/C=C/c2ccccc2[N+](=O)[O-])cc1OC. The predicted molar refractivity (Wildman–Crippen MR) is 98.4 cm³/mol. The molecule has 0 atom stereocenters. The zero-order valence-corrected chi connectivity index (χ0v) is 14.6. The van der Waals surface area contributed by atoms with E-state index in [1.54, 1.807) is 32.4 Å². The fourth-order valence-electron chi connectivity index (χ4n) is 2.39. The van der Waals surface area contributed by atoms with Crippen molar-refractivity contribution in [2.24, 2.45) is 0 Å². The van der Waals surface area contributed by atoms with Crippen molar-refractivity contribution in [3.8, 4) is 11.5 Å². The van der Waals surface area contributed by atoms with Gasteiger partial charge < -0.3 is 14.8 Å². The van der Waals surface area contributed by atoms with E-state index < -0.39 is 4.92 Å². The molecule has 2 aromatic rings. The third-order valence-corrected chi connectivity index (χ3v) is 3.71. The summed E-state index contributed by atoms with van der Waals surface area (Å²) in [6.45, 7) is 0.426. The molecule has 7 heteroatoms. The Labute approximate surface area is 151 Å². The van der Waals surface area contributed by atoms with Gasteiger partial charge in [0.25, 0.3) is 5.69 Å². The van der Waals surface area contributed by atoms with Gasteiger partial charge in [0.15, 0.2) is 11.5 Å². The number of nitro groups is 1. The number of methoxy groups -OCH3 is 2. The predicted octanol–water partition coefficient (Wildman–Crippen LogP) is 2.98. The number of para-hydroxylation sites is 1. The van der Waals surface area contributed by atoms with Crippen LogP contribution in [-0.2, 0) is 11.2 Å². The zero-order valence-electron chi connectivity index (χ0n) is 14.6. The Morgan fingerprint density at radius 3 is 2.58 bits per heavy atom. The second kappa shape index (κ2) is 9.22. The Kier molecular flexibility index (Phi) is 6.73. The van der Waals surface area contributed by atoms with E-state index in [-0.39, 0.29) is 11.6 Å². The van der Waals surface area contributed by atoms with Gasteiger partial charge in [0.1, 0.15) is 0 Å². The van der Waals surface area contributed by atoms with Crippen LogP contribution in [0.2, 0.25) is 0 Å². The minimum absolute atomic E-state index is 0.0399. The van der Waals surface area contributed by atoms with Crippen LogP contribution in [0.4, 0.5) is 5.69 Å². The third kappa shape index (κ3) is 5.07. The van der Waals surface area contributed by atoms with Crippen LogP contribution < -0.4 is 14.8 Å². The number of nitrogens with one attached hydrogen (secondary N) is 1. The van der Waals surface area contributed by atoms with Crippen molar-refractivity contribution >= 4 is 17.7 Å². The summed E-state index contributed by atoms with van der Waals surface area (Å²) >= 11 is 0. The molecule has 2 rings (SSSR count). The number of ether oxygens (including phenoxy) is 2. The second-order valence-corrected chi connectivity index (χ2v) is 5.38. The summed E-state index contributed by atoms with van der Waals surface area (Å²) in [6.07, 6.45) is 3.34. The first-order valence-electron chi connectivity index (χ1n) is 7.95. The van der Waals surface area contributed by atoms with E-state index in [9.17, 15) is 14.9 Å². The molecule has 0 aromatic heterocycles. The van der Waals surface area contributed by atoms with Crippen LogP contribution >= 0.6 is 0 Å². The molecule has 1 N–H and O–H groups in total. The fourth-order valence-corrected chi connectivity index (χ4v) is 2.39. The smallest absolute Gasteiger partial charge is 0.276 e. The fraction of sp³-hybridized carbons (Fsp3) is 0.211. The Hall–Kier alpha value is -3.35. The molecule has 0 radical (unpaired) electrons. The summed E-state index contributed by atoms with van der Waals surface area (Å²) in [5, 5.41) is 13.7. The number of hydrogen-bond donors (Lipinski definition) is 1. The molecule has 136 valence electrons. The van der Waals surface area contributed by atoms with Gasteiger partial charge in [-0.15, -0.1) is 0 Å². The van der Waals surface area contributed by atoms with Gasteiger partial charge in [0.05, 0.1) is 24.7 Å². The molecule has 0 fully saturated rings. The lowest BCUT2D eigenvalue weighted by Crippen LogP contribution is -2.23. The van der Waals surface area contributed by atoms with Gasteiger partial charge in [0, 0.05) is 18.7 Å². The zero-order chi connectivity index (χ0) is 18.9. The number of hydrogen-bond acceptors (Lipinski definition) is 5. The van der Waals surface area contributed by atoms with Crippen molar-refractivity contribution in [3.63, 3.8) is 0 Å². The highest BCUT2D eigenvalue weighted by molar-refractivity contribution is 5.92. The van der Waals surface area contributed by atoms with Crippen molar-refractivity contribution < 1.29 is 19.2 Å². The highest BCUT2D eigenvalue weighted by Crippen LogP contribution is 2.27. The van der Waals surface area contributed by atoms with Crippen LogP contribution in [0.25, 0.3) is 6.08 Å². The van der Waals surface area contributed by atoms with E-state index in [0.717, 1.165) is 5.56 Å². The Morgan fingerprint density at radius 2 is 1.88 bits per heavy atom. The summed E-state index contributed by atoms with van der Waals surface area (Å²) in [7, 11) is 3.14. The van der Waals surface area contributed by atoms with Crippen LogP contribution in [0.5, 0.6) is 11.5 Å². The quantitative estimate of drug-likeness (QED) is 0.446. The lowest BCUT2D eigenvalue weighted by molar-refractivity contribution is -0.385. The number of nitro benzene ring substituents is 1. The molecule has 0 aliphatic heterocycles. The minimum atomic E-state index is -0.478. The molecule has 0 aliphatic carbocycles. The first kappa shape index (κ1) is 19.0. The molecule has 1 amide bonds. The van der Waals surface area contributed by atoms with Gasteiger partial charge in [-0.25, -0.2) is 0 Å². The summed E-state index contributed by atoms with van der Waals surface area (Å²) < 4.78 is 10.4. The molecule has 26 heavy (non-hydrogen) atoms. The molecule has 0 heterocycles. The molecule has 0 saturated carbocycles. The summed E-state index contributed by atoms with van der Waals surface area (Å²) in [5.74, 6) is 0.962. The lowest BCUT2D eigenvalue weighted by atomic mass is 10.1. The second-order valence-electron chi connectivity index (χ2n) is 5.38. The Morgan fingerprint density at radius 1 is 1.15 bits per heavy atom. The van der Waals surface area contributed by atoms with Gasteiger partial charge in [-0.1, -0.05) is 18.2 Å². The van der Waals surface area contributed by atoms with Crippen LogP contribution in [0, 0.1) is 10.1 Å². The number of amides is 1. The van der Waals surface area contributed by atoms with E-state index in [1.807, 2.05) is 18.2 Å². The van der Waals surface area contributed by atoms with Crippen molar-refractivity contribution in [1.29, 1.82) is 0 Å². The first-order valence-corrected chi connectivity index (χ1v) is 7.95. The monoisotopic (exact) mass is 356 g/mol. The molecule has 0 bridgehead atoms. The van der Waals surface area contributed by atoms with E-state index >= 15 is 0 Å². The number of carbonyl (C=O) groups excluding carboxylic acids is 1. The van der Waals surface area contributed by atoms with Gasteiger partial charge in [-0.3, -0.25) is 14.9 Å². The highest BCUT2D eigenvalue weighted by Gasteiger charge is 2.09. The van der Waals surface area contributed by atoms with Gasteiger partial charge >= 0.3 is 0 Å². The van der Waals surface area contributed by atoms with Crippen LogP contribution in [0.1, 0.15) is 11.1 Å². The minimum Gasteiger partial charge on any atom is -0.493 e. The number of benzene rings is 2. The van der Waals surface area contributed by atoms with E-state index in [4.69, 9.17) is 9.47 Å². The molecular formula is C19H20N2O5. The van der Waals surface area contributed by atoms with Gasteiger partial charge in [-0.05, 0) is 36.3 Å². The van der Waals surface area contributed by atoms with E-state index in [0.29, 0.717) is 30.0 Å². The standard InChI is InChI=1S/C19H20N2O5/c1-25-17-9-7-14(13-18(17)26-2)11-12-20-19(22)10-8-15-5-3-4-6-16(15)21(23)24/h3-10,13H,11-12H2,1-2H3,(H,20,22)/b10-8+. The maximum atomic E-state index is 11.9. The average Bonchev–Trinajstić information content (AvgIpc) is 2.66. The lowest BCUT2D eigenvalue weighted by Gasteiger charge is -2.09. The third-order valence-electron chi connectivity index (χ3n) is 3.71. The van der Waals surface area contributed by atoms with Crippen molar-refractivity contribution in [3.05, 3.63) is 69.8 Å². The van der Waals surface area contributed by atoms with Crippen LogP contribution in [-0.4, -0.2) is 31.6 Å². The topological polar surface area (TPSA) is 90.7 Å². The van der Waals surface area contributed by atoms with Crippen molar-refractivity contribution in [2.45, 2.75) is 6.42 Å². The number of carbonyl (C=O) groups is 1. The largest absolute Gasteiger partial charge is 0.493 e. The average molecular weight is 356 g/mol. The highest BCUT2D eigenvalue weighted by atomic mass is 16.6. The molecule has 0 saturated heterocycles. The molecular weight excluding hydrogens is 336 g/mol. The molecule has 0 aliphatic rings. The molecule has 7 nitrogen and oxygen atoms in total. The summed E-state index contributed by atoms with van der Waals surface area (Å²) in [4.78, 5) is 22.4. The maximum Gasteiger partial charge on any atom is 0.276 e. The molecule has 2 aromatic carbocycles. The van der Waals surface area contributed by atoms with Gasteiger partial charge in [-0.2, -0.15) is 0 Å². The molecule has 0 unspecified atom stereocenters. The number of nitrogens with zero attached hydrogens (tertiary/aromatic N) is 1. The van der Waals surface area contributed by atoms with Gasteiger partial charge in [0.2, 0.25) is 5.91 Å². The van der Waals surface area contributed by atoms with Crippen molar-refractivity contribution in [2.75, 3.05) is 20.8 Å². The maximum absolute atomic E-state index is 11.9. The number of rotatable bonds is 8. The molecule has 0 spiro atoms. The summed E-state index contributed by atoms with van der Waals surface area (Å²) in [5.41, 5.74) is 1.33. The Balaban J connectivity index is 1.91. The summed E-state index contributed by atoms with van der Waals surface area (Å²) in [6, 6.07) is 11.8. The Bertz CT molecular complexity index is 817. The van der Waals surface area contributed by atoms with E-state index in [2.05, 4.69) is 5.32 Å². The normalized spacial score (nSPS) is 10.5. The van der Waals surface area contributed by atoms with Crippen LogP contribution in [0.15, 0.2) is 48.5 Å². The van der Waals surface area contributed by atoms with E-state index in [1.165, 1.54) is 18.2 Å².